The van der Waals surface area contributed by atoms with Crippen LogP contribution in [0.3, 0.4) is 0 Å². The zero-order chi connectivity index (χ0) is 19.5. The van der Waals surface area contributed by atoms with E-state index < -0.39 is 0 Å². The van der Waals surface area contributed by atoms with E-state index >= 15 is 0 Å². The summed E-state index contributed by atoms with van der Waals surface area (Å²) in [7, 11) is 0. The Morgan fingerprint density at radius 1 is 0.857 bits per heavy atom. The maximum atomic E-state index is 13.7. The molecule has 0 bridgehead atoms. The lowest BCUT2D eigenvalue weighted by molar-refractivity contribution is 0.250. The van der Waals surface area contributed by atoms with Crippen molar-refractivity contribution in [1.82, 2.24) is 9.55 Å². The third-order valence-corrected chi connectivity index (χ3v) is 5.00. The van der Waals surface area contributed by atoms with E-state index in [0.717, 1.165) is 35.2 Å². The second-order valence-electron chi connectivity index (χ2n) is 6.77. The molecule has 0 atom stereocenters. The highest BCUT2D eigenvalue weighted by molar-refractivity contribution is 6.04. The summed E-state index contributed by atoms with van der Waals surface area (Å²) in [4.78, 5) is 19.8. The van der Waals surface area contributed by atoms with E-state index in [1.807, 2.05) is 48.5 Å². The lowest BCUT2D eigenvalue weighted by Gasteiger charge is -2.24. The van der Waals surface area contributed by atoms with Gasteiger partial charge in [0.05, 0.1) is 22.4 Å². The topological polar surface area (TPSA) is 38.1 Å². The number of carbonyl (C=O) groups is 1. The molecule has 0 radical (unpaired) electrons. The van der Waals surface area contributed by atoms with E-state index in [2.05, 4.69) is 43.1 Å². The fraction of sp³-hybridized carbons (Fsp3) is 0.167. The maximum Gasteiger partial charge on any atom is 0.339 e. The molecule has 0 fully saturated rings. The number of imidazole rings is 1. The van der Waals surface area contributed by atoms with Crippen molar-refractivity contribution < 1.29 is 4.79 Å². The van der Waals surface area contributed by atoms with Crippen LogP contribution < -0.4 is 4.90 Å². The monoisotopic (exact) mass is 369 g/mol. The highest BCUT2D eigenvalue weighted by Gasteiger charge is 2.22. The van der Waals surface area contributed by atoms with Crippen molar-refractivity contribution in [3.05, 3.63) is 90.3 Å². The van der Waals surface area contributed by atoms with Gasteiger partial charge in [-0.3, -0.25) is 4.90 Å². The van der Waals surface area contributed by atoms with Crippen LogP contribution in [0.2, 0.25) is 0 Å². The predicted molar refractivity (Wildman–Crippen MR) is 114 cm³/mol. The lowest BCUT2D eigenvalue weighted by atomic mass is 10.1. The molecule has 28 heavy (non-hydrogen) atoms. The first-order chi connectivity index (χ1) is 13.7. The quantitative estimate of drug-likeness (QED) is 0.445. The predicted octanol–water partition coefficient (Wildman–Crippen LogP) is 5.97. The minimum atomic E-state index is -0.143. The Hall–Kier alpha value is -3.40. The molecule has 4 heteroatoms. The Bertz CT molecular complexity index is 1080. The Labute approximate surface area is 165 Å². The van der Waals surface area contributed by atoms with Crippen LogP contribution in [0.1, 0.15) is 25.0 Å². The van der Waals surface area contributed by atoms with Gasteiger partial charge in [0, 0.05) is 0 Å². The summed E-state index contributed by atoms with van der Waals surface area (Å²) in [5.41, 5.74) is 5.71. The number of fused-ring (bicyclic) bond motifs is 1. The molecule has 1 heterocycles. The SMILES string of the molecule is CCc1cccc(N(C(=O)n2cnc3ccccc32)c2cccc(CC)c2)c1. The van der Waals surface area contributed by atoms with E-state index in [0.29, 0.717) is 0 Å². The van der Waals surface area contributed by atoms with Crippen molar-refractivity contribution in [1.29, 1.82) is 0 Å². The van der Waals surface area contributed by atoms with Gasteiger partial charge in [0.25, 0.3) is 0 Å². The zero-order valence-electron chi connectivity index (χ0n) is 16.2. The minimum Gasteiger partial charge on any atom is -0.262 e. The van der Waals surface area contributed by atoms with Gasteiger partial charge in [-0.1, -0.05) is 50.2 Å². The molecule has 1 amide bonds. The van der Waals surface area contributed by atoms with E-state index in [9.17, 15) is 4.79 Å². The Balaban J connectivity index is 1.87. The van der Waals surface area contributed by atoms with Crippen molar-refractivity contribution in [2.75, 3.05) is 4.90 Å². The fourth-order valence-electron chi connectivity index (χ4n) is 3.42. The zero-order valence-corrected chi connectivity index (χ0v) is 16.2. The number of hydrogen-bond acceptors (Lipinski definition) is 2. The van der Waals surface area contributed by atoms with Crippen molar-refractivity contribution in [3.63, 3.8) is 0 Å². The van der Waals surface area contributed by atoms with Crippen LogP contribution >= 0.6 is 0 Å². The molecule has 0 saturated carbocycles. The van der Waals surface area contributed by atoms with Gasteiger partial charge in [-0.25, -0.2) is 14.3 Å². The van der Waals surface area contributed by atoms with Crippen LogP contribution in [0.4, 0.5) is 16.2 Å². The number of benzene rings is 3. The van der Waals surface area contributed by atoms with Crippen molar-refractivity contribution in [3.8, 4) is 0 Å². The number of aromatic nitrogens is 2. The van der Waals surface area contributed by atoms with Crippen molar-refractivity contribution in [2.45, 2.75) is 26.7 Å². The normalized spacial score (nSPS) is 10.9. The minimum absolute atomic E-state index is 0.143. The van der Waals surface area contributed by atoms with Gasteiger partial charge in [0.2, 0.25) is 0 Å². The Morgan fingerprint density at radius 3 is 2.07 bits per heavy atom. The first-order valence-corrected chi connectivity index (χ1v) is 9.65. The number of aryl methyl sites for hydroxylation is 2. The van der Waals surface area contributed by atoms with Gasteiger partial charge in [-0.15, -0.1) is 0 Å². The maximum absolute atomic E-state index is 13.7. The standard InChI is InChI=1S/C24H23N3O/c1-3-18-9-7-11-20(15-18)27(21-12-8-10-19(4-2)16-21)24(28)26-17-25-22-13-5-6-14-23(22)26/h5-17H,3-4H2,1-2H3. The molecule has 4 rings (SSSR count). The van der Waals surface area contributed by atoms with Gasteiger partial charge in [0.15, 0.2) is 0 Å². The highest BCUT2D eigenvalue weighted by atomic mass is 16.2. The van der Waals surface area contributed by atoms with Crippen molar-refractivity contribution >= 4 is 28.4 Å². The summed E-state index contributed by atoms with van der Waals surface area (Å²) in [6, 6.07) is 23.8. The Kier molecular flexibility index (Phi) is 4.94. The third-order valence-electron chi connectivity index (χ3n) is 5.00. The summed E-state index contributed by atoms with van der Waals surface area (Å²) in [5, 5.41) is 0. The number of rotatable bonds is 4. The van der Waals surface area contributed by atoms with Gasteiger partial charge in [-0.2, -0.15) is 0 Å². The van der Waals surface area contributed by atoms with Crippen LogP contribution in [-0.4, -0.2) is 15.6 Å². The second kappa shape index (κ2) is 7.69. The molecular formula is C24H23N3O. The molecule has 0 N–H and O–H groups in total. The largest absolute Gasteiger partial charge is 0.339 e. The van der Waals surface area contributed by atoms with E-state index in [4.69, 9.17) is 0 Å². The summed E-state index contributed by atoms with van der Waals surface area (Å²) in [5.74, 6) is 0. The smallest absolute Gasteiger partial charge is 0.262 e. The molecule has 0 saturated heterocycles. The second-order valence-corrected chi connectivity index (χ2v) is 6.77. The van der Waals surface area contributed by atoms with Gasteiger partial charge < -0.3 is 0 Å². The molecule has 0 unspecified atom stereocenters. The van der Waals surface area contributed by atoms with Crippen LogP contribution in [0.5, 0.6) is 0 Å². The van der Waals surface area contributed by atoms with E-state index in [-0.39, 0.29) is 6.03 Å². The summed E-state index contributed by atoms with van der Waals surface area (Å²) in [6.07, 6.45) is 3.44. The number of anilines is 2. The number of hydrogen-bond donors (Lipinski definition) is 0. The number of nitrogens with zero attached hydrogens (tertiary/aromatic N) is 3. The lowest BCUT2D eigenvalue weighted by Crippen LogP contribution is -2.30. The fourth-order valence-corrected chi connectivity index (χ4v) is 3.42. The summed E-state index contributed by atoms with van der Waals surface area (Å²) >= 11 is 0. The number of carbonyl (C=O) groups excluding carboxylic acids is 1. The first kappa shape index (κ1) is 18.0. The molecule has 4 aromatic rings. The van der Waals surface area contributed by atoms with Crippen molar-refractivity contribution in [2.24, 2.45) is 0 Å². The van der Waals surface area contributed by atoms with Crippen LogP contribution in [0, 0.1) is 0 Å². The molecule has 3 aromatic carbocycles. The van der Waals surface area contributed by atoms with Crippen LogP contribution in [0.15, 0.2) is 79.1 Å². The summed E-state index contributed by atoms with van der Waals surface area (Å²) < 4.78 is 1.62. The average molecular weight is 369 g/mol. The molecule has 0 aliphatic rings. The highest BCUT2D eigenvalue weighted by Crippen LogP contribution is 2.29. The van der Waals surface area contributed by atoms with Crippen LogP contribution in [-0.2, 0) is 12.8 Å². The molecule has 140 valence electrons. The van der Waals surface area contributed by atoms with Gasteiger partial charge in [-0.05, 0) is 60.4 Å². The first-order valence-electron chi connectivity index (χ1n) is 9.65. The van der Waals surface area contributed by atoms with Gasteiger partial charge in [0.1, 0.15) is 6.33 Å². The molecular weight excluding hydrogens is 346 g/mol. The number of amides is 1. The molecule has 1 aromatic heterocycles. The molecule has 4 nitrogen and oxygen atoms in total. The van der Waals surface area contributed by atoms with Crippen LogP contribution in [0.25, 0.3) is 11.0 Å². The summed E-state index contributed by atoms with van der Waals surface area (Å²) in [6.45, 7) is 4.23. The Morgan fingerprint density at radius 2 is 1.46 bits per heavy atom. The third kappa shape index (κ3) is 3.29. The van der Waals surface area contributed by atoms with E-state index in [1.165, 1.54) is 11.1 Å². The molecule has 0 aliphatic heterocycles. The van der Waals surface area contributed by atoms with Gasteiger partial charge >= 0.3 is 6.03 Å². The average Bonchev–Trinajstić information content (AvgIpc) is 3.18. The molecule has 0 aliphatic carbocycles. The number of para-hydroxylation sites is 2. The van der Waals surface area contributed by atoms with E-state index in [1.54, 1.807) is 15.8 Å². The molecule has 0 spiro atoms.